The third-order valence-electron chi connectivity index (χ3n) is 4.68. The van der Waals surface area contributed by atoms with E-state index in [0.717, 1.165) is 30.8 Å². The van der Waals surface area contributed by atoms with Gasteiger partial charge in [0, 0.05) is 24.7 Å². The summed E-state index contributed by atoms with van der Waals surface area (Å²) in [7, 11) is 0. The lowest BCUT2D eigenvalue weighted by molar-refractivity contribution is 0.251. The molecule has 1 saturated heterocycles. The summed E-state index contributed by atoms with van der Waals surface area (Å²) in [5.41, 5.74) is 1.86. The Labute approximate surface area is 122 Å². The Morgan fingerprint density at radius 1 is 1.45 bits per heavy atom. The van der Waals surface area contributed by atoms with Crippen LogP contribution in [0.3, 0.4) is 0 Å². The summed E-state index contributed by atoms with van der Waals surface area (Å²) in [5, 5.41) is 3.65. The van der Waals surface area contributed by atoms with Gasteiger partial charge in [-0.3, -0.25) is 0 Å². The minimum Gasteiger partial charge on any atom is -0.363 e. The van der Waals surface area contributed by atoms with Crippen molar-refractivity contribution in [3.05, 3.63) is 29.6 Å². The van der Waals surface area contributed by atoms with Gasteiger partial charge in [0.1, 0.15) is 5.82 Å². The third-order valence-corrected chi connectivity index (χ3v) is 4.68. The number of nitrogens with one attached hydrogen (secondary N) is 1. The summed E-state index contributed by atoms with van der Waals surface area (Å²) >= 11 is 0. The first-order valence-electron chi connectivity index (χ1n) is 7.65. The van der Waals surface area contributed by atoms with Crippen molar-refractivity contribution in [2.75, 3.05) is 18.0 Å². The number of aryl methyl sites for hydroxylation is 1. The highest BCUT2D eigenvalue weighted by atomic mass is 19.1. The number of hydrogen-bond acceptors (Lipinski definition) is 2. The van der Waals surface area contributed by atoms with E-state index in [1.807, 2.05) is 13.0 Å². The largest absolute Gasteiger partial charge is 0.363 e. The first-order chi connectivity index (χ1) is 9.38. The first kappa shape index (κ1) is 15.3. The fourth-order valence-corrected chi connectivity index (χ4v) is 3.07. The lowest BCUT2D eigenvalue weighted by Crippen LogP contribution is -2.64. The van der Waals surface area contributed by atoms with E-state index in [-0.39, 0.29) is 11.4 Å². The SMILES string of the molecule is CCC1(C)CN(c2c(C)cccc2F)C(C(C)C)CN1. The number of anilines is 1. The molecule has 1 aromatic carbocycles. The monoisotopic (exact) mass is 278 g/mol. The van der Waals surface area contributed by atoms with E-state index in [1.165, 1.54) is 0 Å². The predicted octanol–water partition coefficient (Wildman–Crippen LogP) is 3.74. The number of hydrogen-bond donors (Lipinski definition) is 1. The Bertz CT molecular complexity index is 452. The van der Waals surface area contributed by atoms with Crippen LogP contribution >= 0.6 is 0 Å². The summed E-state index contributed by atoms with van der Waals surface area (Å²) in [5.74, 6) is 0.388. The van der Waals surface area contributed by atoms with Crippen LogP contribution in [0.1, 0.15) is 39.7 Å². The van der Waals surface area contributed by atoms with Crippen molar-refractivity contribution in [2.45, 2.75) is 52.6 Å². The molecule has 0 bridgehead atoms. The molecular formula is C17H27FN2. The number of nitrogens with zero attached hydrogens (tertiary/aromatic N) is 1. The van der Waals surface area contributed by atoms with E-state index in [9.17, 15) is 4.39 Å². The van der Waals surface area contributed by atoms with Crippen molar-refractivity contribution in [1.82, 2.24) is 5.32 Å². The van der Waals surface area contributed by atoms with Crippen LogP contribution in [0, 0.1) is 18.7 Å². The molecule has 1 aromatic rings. The number of piperazine rings is 1. The Morgan fingerprint density at radius 2 is 2.15 bits per heavy atom. The molecule has 0 saturated carbocycles. The second kappa shape index (κ2) is 5.72. The quantitative estimate of drug-likeness (QED) is 0.906. The maximum atomic E-state index is 14.4. The highest BCUT2D eigenvalue weighted by Gasteiger charge is 2.37. The van der Waals surface area contributed by atoms with Crippen molar-refractivity contribution < 1.29 is 4.39 Å². The van der Waals surface area contributed by atoms with Crippen LogP contribution in [-0.2, 0) is 0 Å². The molecule has 1 N–H and O–H groups in total. The van der Waals surface area contributed by atoms with Gasteiger partial charge in [-0.05, 0) is 37.8 Å². The molecule has 0 spiro atoms. The second-order valence-electron chi connectivity index (χ2n) is 6.64. The molecule has 2 nitrogen and oxygen atoms in total. The molecule has 2 unspecified atom stereocenters. The van der Waals surface area contributed by atoms with E-state index in [4.69, 9.17) is 0 Å². The summed E-state index contributed by atoms with van der Waals surface area (Å²) in [6.45, 7) is 12.6. The zero-order valence-corrected chi connectivity index (χ0v) is 13.3. The lowest BCUT2D eigenvalue weighted by Gasteiger charge is -2.49. The zero-order chi connectivity index (χ0) is 14.9. The fraction of sp³-hybridized carbons (Fsp3) is 0.647. The molecule has 1 aliphatic heterocycles. The maximum Gasteiger partial charge on any atom is 0.146 e. The average Bonchev–Trinajstić information content (AvgIpc) is 2.38. The minimum absolute atomic E-state index is 0.0557. The van der Waals surface area contributed by atoms with Crippen molar-refractivity contribution in [2.24, 2.45) is 5.92 Å². The molecule has 2 rings (SSSR count). The first-order valence-corrected chi connectivity index (χ1v) is 7.65. The molecule has 1 fully saturated rings. The van der Waals surface area contributed by atoms with Gasteiger partial charge >= 0.3 is 0 Å². The second-order valence-corrected chi connectivity index (χ2v) is 6.64. The van der Waals surface area contributed by atoms with Crippen LogP contribution in [0.15, 0.2) is 18.2 Å². The summed E-state index contributed by atoms with van der Waals surface area (Å²) < 4.78 is 14.4. The molecular weight excluding hydrogens is 251 g/mol. The minimum atomic E-state index is -0.101. The van der Waals surface area contributed by atoms with Gasteiger partial charge in [-0.2, -0.15) is 0 Å². The molecule has 0 radical (unpaired) electrons. The van der Waals surface area contributed by atoms with Crippen LogP contribution in [0.25, 0.3) is 0 Å². The van der Waals surface area contributed by atoms with Gasteiger partial charge in [-0.15, -0.1) is 0 Å². The predicted molar refractivity (Wildman–Crippen MR) is 83.8 cm³/mol. The molecule has 0 amide bonds. The third kappa shape index (κ3) is 2.83. The Kier molecular flexibility index (Phi) is 4.38. The van der Waals surface area contributed by atoms with Crippen LogP contribution < -0.4 is 10.2 Å². The fourth-order valence-electron chi connectivity index (χ4n) is 3.07. The van der Waals surface area contributed by atoms with Gasteiger partial charge in [0.25, 0.3) is 0 Å². The molecule has 20 heavy (non-hydrogen) atoms. The average molecular weight is 278 g/mol. The molecule has 112 valence electrons. The standard InChI is InChI=1S/C17H27FN2/c1-6-17(5)11-20(15(10-19-17)12(2)3)16-13(4)8-7-9-14(16)18/h7-9,12,15,19H,6,10-11H2,1-5H3. The summed E-state index contributed by atoms with van der Waals surface area (Å²) in [6.07, 6.45) is 1.04. The smallest absolute Gasteiger partial charge is 0.146 e. The van der Waals surface area contributed by atoms with Gasteiger partial charge in [-0.25, -0.2) is 4.39 Å². The van der Waals surface area contributed by atoms with Crippen molar-refractivity contribution in [3.8, 4) is 0 Å². The number of rotatable bonds is 3. The normalized spacial score (nSPS) is 27.1. The Morgan fingerprint density at radius 3 is 2.70 bits per heavy atom. The van der Waals surface area contributed by atoms with Crippen molar-refractivity contribution in [1.29, 1.82) is 0 Å². The highest BCUT2D eigenvalue weighted by molar-refractivity contribution is 5.56. The van der Waals surface area contributed by atoms with Gasteiger partial charge in [-0.1, -0.05) is 32.9 Å². The highest BCUT2D eigenvalue weighted by Crippen LogP contribution is 2.32. The molecule has 1 aliphatic rings. The van der Waals surface area contributed by atoms with E-state index in [0.29, 0.717) is 12.0 Å². The Hall–Kier alpha value is -1.09. The number of benzene rings is 1. The van der Waals surface area contributed by atoms with Crippen LogP contribution in [0.4, 0.5) is 10.1 Å². The summed E-state index contributed by atoms with van der Waals surface area (Å²) in [4.78, 5) is 2.29. The van der Waals surface area contributed by atoms with Crippen LogP contribution in [0.5, 0.6) is 0 Å². The van der Waals surface area contributed by atoms with Gasteiger partial charge in [0.15, 0.2) is 0 Å². The van der Waals surface area contributed by atoms with Gasteiger partial charge < -0.3 is 10.2 Å². The maximum absolute atomic E-state index is 14.4. The van der Waals surface area contributed by atoms with E-state index >= 15 is 0 Å². The molecule has 2 atom stereocenters. The lowest BCUT2D eigenvalue weighted by atomic mass is 9.89. The Balaban J connectivity index is 2.42. The van der Waals surface area contributed by atoms with Crippen molar-refractivity contribution >= 4 is 5.69 Å². The van der Waals surface area contributed by atoms with E-state index in [1.54, 1.807) is 12.1 Å². The molecule has 1 heterocycles. The molecule has 0 aliphatic carbocycles. The number of para-hydroxylation sites is 1. The number of halogens is 1. The van der Waals surface area contributed by atoms with Gasteiger partial charge in [0.2, 0.25) is 0 Å². The zero-order valence-electron chi connectivity index (χ0n) is 13.3. The van der Waals surface area contributed by atoms with E-state index < -0.39 is 0 Å². The topological polar surface area (TPSA) is 15.3 Å². The van der Waals surface area contributed by atoms with Crippen molar-refractivity contribution in [3.63, 3.8) is 0 Å². The van der Waals surface area contributed by atoms with E-state index in [2.05, 4.69) is 37.9 Å². The van der Waals surface area contributed by atoms with Crippen LogP contribution in [0.2, 0.25) is 0 Å². The summed E-state index contributed by atoms with van der Waals surface area (Å²) in [6, 6.07) is 5.71. The molecule has 0 aromatic heterocycles. The van der Waals surface area contributed by atoms with Crippen LogP contribution in [-0.4, -0.2) is 24.7 Å². The van der Waals surface area contributed by atoms with Gasteiger partial charge in [0.05, 0.1) is 5.69 Å². The molecule has 3 heteroatoms.